The van der Waals surface area contributed by atoms with Crippen LogP contribution in [-0.4, -0.2) is 5.78 Å². The topological polar surface area (TPSA) is 29.1 Å². The van der Waals surface area contributed by atoms with E-state index >= 15 is 0 Å². The molecule has 2 aliphatic rings. The molecule has 1 aliphatic carbocycles. The van der Waals surface area contributed by atoms with E-state index in [-0.39, 0.29) is 5.78 Å². The van der Waals surface area contributed by atoms with Crippen molar-refractivity contribution in [3.63, 3.8) is 0 Å². The number of allylic oxidation sites excluding steroid dienone is 2. The van der Waals surface area contributed by atoms with E-state index in [0.717, 1.165) is 12.1 Å². The lowest BCUT2D eigenvalue weighted by molar-refractivity contribution is -0.115. The predicted octanol–water partition coefficient (Wildman–Crippen LogP) is 2.44. The molecule has 3 rings (SSSR count). The normalized spacial score (nSPS) is 23.6. The van der Waals surface area contributed by atoms with Crippen molar-refractivity contribution >= 4 is 11.5 Å². The molecule has 2 heteroatoms. The molecular formula is C12H11NO. The summed E-state index contributed by atoms with van der Waals surface area (Å²) in [5, 5.41) is 3.31. The van der Waals surface area contributed by atoms with Gasteiger partial charge in [-0.2, -0.15) is 0 Å². The fraction of sp³-hybridized carbons (Fsp3) is 0.250. The van der Waals surface area contributed by atoms with Gasteiger partial charge in [0.15, 0.2) is 5.78 Å². The molecule has 1 aromatic carbocycles. The summed E-state index contributed by atoms with van der Waals surface area (Å²) in [7, 11) is 0. The molecule has 0 saturated carbocycles. The molecule has 0 radical (unpaired) electrons. The summed E-state index contributed by atoms with van der Waals surface area (Å²) in [6.45, 7) is 0. The standard InChI is InChI=1S/C12H11NO/c14-8-5-6-10-9-3-1-2-4-11(9)13-12(10)7-8/h1-4,7,10,13H,5-6H2. The smallest absolute Gasteiger partial charge is 0.157 e. The van der Waals surface area contributed by atoms with Gasteiger partial charge in [0, 0.05) is 29.8 Å². The minimum Gasteiger partial charge on any atom is -0.358 e. The maximum atomic E-state index is 11.2. The molecule has 0 fully saturated rings. The highest BCUT2D eigenvalue weighted by molar-refractivity contribution is 5.93. The molecule has 70 valence electrons. The first-order chi connectivity index (χ1) is 6.84. The van der Waals surface area contributed by atoms with Gasteiger partial charge in [0.2, 0.25) is 0 Å². The number of benzene rings is 1. The van der Waals surface area contributed by atoms with E-state index in [2.05, 4.69) is 23.5 Å². The maximum Gasteiger partial charge on any atom is 0.157 e. The van der Waals surface area contributed by atoms with Gasteiger partial charge < -0.3 is 5.32 Å². The van der Waals surface area contributed by atoms with Crippen LogP contribution in [0.4, 0.5) is 5.69 Å². The zero-order valence-electron chi connectivity index (χ0n) is 7.79. The summed E-state index contributed by atoms with van der Waals surface area (Å²) in [5.41, 5.74) is 3.59. The molecule has 2 nitrogen and oxygen atoms in total. The predicted molar refractivity (Wildman–Crippen MR) is 55.1 cm³/mol. The Morgan fingerprint density at radius 3 is 3.07 bits per heavy atom. The van der Waals surface area contributed by atoms with Crippen LogP contribution >= 0.6 is 0 Å². The minimum atomic E-state index is 0.247. The van der Waals surface area contributed by atoms with Gasteiger partial charge in [0.25, 0.3) is 0 Å². The van der Waals surface area contributed by atoms with Crippen molar-refractivity contribution in [3.8, 4) is 0 Å². The highest BCUT2D eigenvalue weighted by Gasteiger charge is 2.30. The number of carbonyl (C=O) groups excluding carboxylic acids is 1. The molecule has 1 atom stereocenters. The van der Waals surface area contributed by atoms with Gasteiger partial charge in [-0.05, 0) is 18.1 Å². The van der Waals surface area contributed by atoms with Crippen molar-refractivity contribution in [1.82, 2.24) is 0 Å². The van der Waals surface area contributed by atoms with Crippen LogP contribution in [0.1, 0.15) is 24.3 Å². The first-order valence-corrected chi connectivity index (χ1v) is 4.95. The Morgan fingerprint density at radius 1 is 1.29 bits per heavy atom. The number of anilines is 1. The summed E-state index contributed by atoms with van der Waals surface area (Å²) in [6, 6.07) is 8.29. The molecule has 0 bridgehead atoms. The fourth-order valence-electron chi connectivity index (χ4n) is 2.30. The summed E-state index contributed by atoms with van der Waals surface area (Å²) in [4.78, 5) is 11.2. The van der Waals surface area contributed by atoms with Crippen LogP contribution in [0.3, 0.4) is 0 Å². The first kappa shape index (κ1) is 7.80. The molecule has 1 unspecified atom stereocenters. The Labute approximate surface area is 82.6 Å². The second kappa shape index (κ2) is 2.71. The fourth-order valence-corrected chi connectivity index (χ4v) is 2.30. The van der Waals surface area contributed by atoms with Crippen LogP contribution in [-0.2, 0) is 4.79 Å². The van der Waals surface area contributed by atoms with Gasteiger partial charge >= 0.3 is 0 Å². The second-order valence-electron chi connectivity index (χ2n) is 3.87. The SMILES string of the molecule is O=C1C=C2Nc3ccccc3C2CC1. The van der Waals surface area contributed by atoms with Crippen molar-refractivity contribution in [3.05, 3.63) is 41.6 Å². The van der Waals surface area contributed by atoms with E-state index in [1.807, 2.05) is 6.07 Å². The van der Waals surface area contributed by atoms with Gasteiger partial charge in [-0.25, -0.2) is 0 Å². The van der Waals surface area contributed by atoms with Gasteiger partial charge in [0.05, 0.1) is 0 Å². The number of rotatable bonds is 0. The quantitative estimate of drug-likeness (QED) is 0.672. The van der Waals surface area contributed by atoms with Crippen molar-refractivity contribution in [2.75, 3.05) is 5.32 Å². The highest BCUT2D eigenvalue weighted by Crippen LogP contribution is 2.42. The zero-order chi connectivity index (χ0) is 9.54. The van der Waals surface area contributed by atoms with Crippen LogP contribution in [0.15, 0.2) is 36.0 Å². The van der Waals surface area contributed by atoms with E-state index in [1.165, 1.54) is 11.3 Å². The molecule has 0 saturated heterocycles. The third-order valence-electron chi connectivity index (χ3n) is 2.99. The number of ketones is 1. The number of carbonyl (C=O) groups is 1. The molecule has 1 aliphatic heterocycles. The lowest BCUT2D eigenvalue weighted by Gasteiger charge is -2.15. The Hall–Kier alpha value is -1.57. The molecule has 1 heterocycles. The molecular weight excluding hydrogens is 174 g/mol. The molecule has 1 N–H and O–H groups in total. The largest absolute Gasteiger partial charge is 0.358 e. The van der Waals surface area contributed by atoms with E-state index in [9.17, 15) is 4.79 Å². The lowest BCUT2D eigenvalue weighted by atomic mass is 9.88. The second-order valence-corrected chi connectivity index (χ2v) is 3.87. The summed E-state index contributed by atoms with van der Waals surface area (Å²) < 4.78 is 0. The average Bonchev–Trinajstić information content (AvgIpc) is 2.54. The first-order valence-electron chi connectivity index (χ1n) is 4.95. The summed E-state index contributed by atoms with van der Waals surface area (Å²) in [6.07, 6.45) is 3.40. The number of fused-ring (bicyclic) bond motifs is 3. The van der Waals surface area contributed by atoms with Gasteiger partial charge in [0.1, 0.15) is 0 Å². The van der Waals surface area contributed by atoms with E-state index in [0.29, 0.717) is 12.3 Å². The molecule has 14 heavy (non-hydrogen) atoms. The number of para-hydroxylation sites is 1. The van der Waals surface area contributed by atoms with Crippen molar-refractivity contribution < 1.29 is 4.79 Å². The maximum absolute atomic E-state index is 11.2. The average molecular weight is 185 g/mol. The van der Waals surface area contributed by atoms with E-state index < -0.39 is 0 Å². The third-order valence-corrected chi connectivity index (χ3v) is 2.99. The van der Waals surface area contributed by atoms with Crippen LogP contribution < -0.4 is 5.32 Å². The Bertz CT molecular complexity index is 434. The summed E-state index contributed by atoms with van der Waals surface area (Å²) >= 11 is 0. The lowest BCUT2D eigenvalue weighted by Crippen LogP contribution is -2.11. The van der Waals surface area contributed by atoms with Gasteiger partial charge in [-0.15, -0.1) is 0 Å². The van der Waals surface area contributed by atoms with E-state index in [1.54, 1.807) is 6.08 Å². The third kappa shape index (κ3) is 1.00. The van der Waals surface area contributed by atoms with Crippen LogP contribution in [0, 0.1) is 0 Å². The van der Waals surface area contributed by atoms with Crippen molar-refractivity contribution in [1.29, 1.82) is 0 Å². The zero-order valence-corrected chi connectivity index (χ0v) is 7.79. The molecule has 0 aromatic heterocycles. The van der Waals surface area contributed by atoms with Crippen LogP contribution in [0.2, 0.25) is 0 Å². The summed E-state index contributed by atoms with van der Waals surface area (Å²) in [5.74, 6) is 0.681. The Kier molecular flexibility index (Phi) is 1.51. The number of hydrogen-bond acceptors (Lipinski definition) is 2. The number of hydrogen-bond donors (Lipinski definition) is 1. The van der Waals surface area contributed by atoms with Gasteiger partial charge in [-0.3, -0.25) is 4.79 Å². The molecule has 0 amide bonds. The van der Waals surface area contributed by atoms with E-state index in [4.69, 9.17) is 0 Å². The number of nitrogens with one attached hydrogen (secondary N) is 1. The Morgan fingerprint density at radius 2 is 2.14 bits per heavy atom. The Balaban J connectivity index is 2.11. The highest BCUT2D eigenvalue weighted by atomic mass is 16.1. The monoisotopic (exact) mass is 185 g/mol. The van der Waals surface area contributed by atoms with Gasteiger partial charge in [-0.1, -0.05) is 18.2 Å². The van der Waals surface area contributed by atoms with Crippen LogP contribution in [0.5, 0.6) is 0 Å². The molecule has 0 spiro atoms. The van der Waals surface area contributed by atoms with Crippen LogP contribution in [0.25, 0.3) is 0 Å². The van der Waals surface area contributed by atoms with Crippen molar-refractivity contribution in [2.24, 2.45) is 0 Å². The van der Waals surface area contributed by atoms with Crippen molar-refractivity contribution in [2.45, 2.75) is 18.8 Å². The molecule has 1 aromatic rings. The minimum absolute atomic E-state index is 0.247.